The molecule has 148 valence electrons. The van der Waals surface area contributed by atoms with Crippen molar-refractivity contribution in [3.63, 3.8) is 0 Å². The third-order valence-electron chi connectivity index (χ3n) is 6.24. The monoisotopic (exact) mass is 366 g/mol. The number of carbonyl (C=O) groups excluding carboxylic acids is 1. The molecule has 3 saturated heterocycles. The molecule has 0 spiro atoms. The summed E-state index contributed by atoms with van der Waals surface area (Å²) in [5, 5.41) is 13.0. The first-order valence-electron chi connectivity index (χ1n) is 10.3. The number of piperidine rings is 2. The van der Waals surface area contributed by atoms with Crippen molar-refractivity contribution in [3.8, 4) is 0 Å². The smallest absolute Gasteiger partial charge is 0.320 e. The van der Waals surface area contributed by atoms with Crippen LogP contribution in [0.3, 0.4) is 0 Å². The first-order valence-corrected chi connectivity index (χ1v) is 10.3. The molecule has 1 atom stereocenters. The molecule has 26 heavy (non-hydrogen) atoms. The summed E-state index contributed by atoms with van der Waals surface area (Å²) in [7, 11) is 0. The molecule has 0 bridgehead atoms. The third-order valence-corrected chi connectivity index (χ3v) is 6.24. The van der Waals surface area contributed by atoms with Crippen LogP contribution in [0.1, 0.15) is 44.9 Å². The van der Waals surface area contributed by atoms with Crippen molar-refractivity contribution in [1.29, 1.82) is 0 Å². The molecule has 3 fully saturated rings. The van der Waals surface area contributed by atoms with Crippen LogP contribution in [0.2, 0.25) is 0 Å². The molecule has 7 nitrogen and oxygen atoms in total. The maximum atomic E-state index is 12.6. The molecule has 0 aromatic heterocycles. The van der Waals surface area contributed by atoms with Crippen molar-refractivity contribution in [2.45, 2.75) is 57.0 Å². The van der Waals surface area contributed by atoms with Crippen LogP contribution in [0.4, 0.5) is 0 Å². The SMILES string of the molecule is O=C(O)C(CCC(=O)N1CCN(C2CCNCC2)CC1)N1CCCCC1. The van der Waals surface area contributed by atoms with Gasteiger partial charge in [-0.2, -0.15) is 0 Å². The van der Waals surface area contributed by atoms with Crippen molar-refractivity contribution in [2.24, 2.45) is 0 Å². The fourth-order valence-electron chi connectivity index (χ4n) is 4.62. The minimum absolute atomic E-state index is 0.123. The second kappa shape index (κ2) is 9.67. The van der Waals surface area contributed by atoms with Crippen molar-refractivity contribution in [2.75, 3.05) is 52.4 Å². The van der Waals surface area contributed by atoms with Crippen molar-refractivity contribution in [1.82, 2.24) is 20.0 Å². The number of amides is 1. The molecule has 0 radical (unpaired) electrons. The van der Waals surface area contributed by atoms with Crippen LogP contribution in [0.25, 0.3) is 0 Å². The zero-order valence-corrected chi connectivity index (χ0v) is 15.9. The van der Waals surface area contributed by atoms with E-state index in [0.29, 0.717) is 18.9 Å². The van der Waals surface area contributed by atoms with Gasteiger partial charge in [0.05, 0.1) is 0 Å². The van der Waals surface area contributed by atoms with E-state index >= 15 is 0 Å². The Morgan fingerprint density at radius 1 is 0.962 bits per heavy atom. The highest BCUT2D eigenvalue weighted by molar-refractivity contribution is 5.78. The molecule has 2 N–H and O–H groups in total. The van der Waals surface area contributed by atoms with Gasteiger partial charge in [0, 0.05) is 38.6 Å². The zero-order valence-electron chi connectivity index (χ0n) is 15.9. The van der Waals surface area contributed by atoms with E-state index in [9.17, 15) is 14.7 Å². The average molecular weight is 367 g/mol. The minimum Gasteiger partial charge on any atom is -0.480 e. The van der Waals surface area contributed by atoms with Gasteiger partial charge in [0.25, 0.3) is 0 Å². The number of rotatable bonds is 6. The molecular weight excluding hydrogens is 332 g/mol. The maximum Gasteiger partial charge on any atom is 0.320 e. The summed E-state index contributed by atoms with van der Waals surface area (Å²) >= 11 is 0. The van der Waals surface area contributed by atoms with Gasteiger partial charge < -0.3 is 15.3 Å². The molecule has 0 saturated carbocycles. The summed E-state index contributed by atoms with van der Waals surface area (Å²) in [5.74, 6) is -0.659. The lowest BCUT2D eigenvalue weighted by Crippen LogP contribution is -2.54. The summed E-state index contributed by atoms with van der Waals surface area (Å²) in [4.78, 5) is 30.7. The second-order valence-electron chi connectivity index (χ2n) is 7.89. The highest BCUT2D eigenvalue weighted by atomic mass is 16.4. The van der Waals surface area contributed by atoms with E-state index in [1.165, 1.54) is 19.3 Å². The number of piperazine rings is 1. The van der Waals surface area contributed by atoms with E-state index in [1.54, 1.807) is 0 Å². The van der Waals surface area contributed by atoms with Crippen molar-refractivity contribution in [3.05, 3.63) is 0 Å². The van der Waals surface area contributed by atoms with Gasteiger partial charge in [-0.05, 0) is 58.3 Å². The number of hydrogen-bond donors (Lipinski definition) is 2. The van der Waals surface area contributed by atoms with Gasteiger partial charge in [-0.15, -0.1) is 0 Å². The Kier molecular flexibility index (Phi) is 7.28. The average Bonchev–Trinajstić information content (AvgIpc) is 2.69. The molecule has 0 aromatic rings. The molecule has 1 amide bonds. The van der Waals surface area contributed by atoms with Crippen LogP contribution in [0.15, 0.2) is 0 Å². The highest BCUT2D eigenvalue weighted by Gasteiger charge is 2.30. The highest BCUT2D eigenvalue weighted by Crippen LogP contribution is 2.18. The minimum atomic E-state index is -0.782. The number of carbonyl (C=O) groups is 2. The van der Waals surface area contributed by atoms with Gasteiger partial charge in [0.1, 0.15) is 6.04 Å². The fourth-order valence-corrected chi connectivity index (χ4v) is 4.62. The van der Waals surface area contributed by atoms with Gasteiger partial charge in [-0.3, -0.25) is 19.4 Å². The van der Waals surface area contributed by atoms with Gasteiger partial charge in [-0.1, -0.05) is 6.42 Å². The van der Waals surface area contributed by atoms with Gasteiger partial charge in [-0.25, -0.2) is 0 Å². The summed E-state index contributed by atoms with van der Waals surface area (Å²) in [6, 6.07) is 0.152. The maximum absolute atomic E-state index is 12.6. The Balaban J connectivity index is 1.42. The largest absolute Gasteiger partial charge is 0.480 e. The van der Waals surface area contributed by atoms with Crippen LogP contribution in [0.5, 0.6) is 0 Å². The van der Waals surface area contributed by atoms with Crippen LogP contribution in [-0.4, -0.2) is 96.1 Å². The van der Waals surface area contributed by atoms with E-state index in [4.69, 9.17) is 0 Å². The zero-order chi connectivity index (χ0) is 18.4. The molecule has 3 heterocycles. The quantitative estimate of drug-likeness (QED) is 0.717. The van der Waals surface area contributed by atoms with Gasteiger partial charge in [0.2, 0.25) is 5.91 Å². The number of carboxylic acid groups (broad SMARTS) is 1. The first kappa shape index (κ1) is 19.6. The number of aliphatic carboxylic acids is 1. The lowest BCUT2D eigenvalue weighted by atomic mass is 10.0. The number of likely N-dealkylation sites (tertiary alicyclic amines) is 1. The van der Waals surface area contributed by atoms with Crippen molar-refractivity contribution < 1.29 is 14.7 Å². The molecule has 0 aromatic carbocycles. The third kappa shape index (κ3) is 5.18. The lowest BCUT2D eigenvalue weighted by molar-refractivity contribution is -0.144. The summed E-state index contributed by atoms with van der Waals surface area (Å²) in [6.07, 6.45) is 6.49. The van der Waals surface area contributed by atoms with Crippen LogP contribution in [-0.2, 0) is 9.59 Å². The molecule has 3 aliphatic heterocycles. The van der Waals surface area contributed by atoms with Gasteiger partial charge in [0.15, 0.2) is 0 Å². The van der Waals surface area contributed by atoms with E-state index < -0.39 is 12.0 Å². The van der Waals surface area contributed by atoms with E-state index in [2.05, 4.69) is 10.2 Å². The van der Waals surface area contributed by atoms with E-state index in [-0.39, 0.29) is 5.91 Å². The molecule has 3 aliphatic rings. The van der Waals surface area contributed by atoms with Crippen LogP contribution < -0.4 is 5.32 Å². The Morgan fingerprint density at radius 2 is 1.62 bits per heavy atom. The van der Waals surface area contributed by atoms with Crippen molar-refractivity contribution >= 4 is 11.9 Å². The number of carboxylic acids is 1. The van der Waals surface area contributed by atoms with E-state index in [0.717, 1.165) is 65.2 Å². The fraction of sp³-hybridized carbons (Fsp3) is 0.895. The number of nitrogens with one attached hydrogen (secondary N) is 1. The summed E-state index contributed by atoms with van der Waals surface area (Å²) < 4.78 is 0. The summed E-state index contributed by atoms with van der Waals surface area (Å²) in [6.45, 7) is 7.35. The molecule has 0 aliphatic carbocycles. The standard InChI is InChI=1S/C19H34N4O3/c24-18(5-4-17(19(25)26)22-10-2-1-3-11-22)23-14-12-21(13-15-23)16-6-8-20-9-7-16/h16-17,20H,1-15H2,(H,25,26). The van der Waals surface area contributed by atoms with Crippen LogP contribution >= 0.6 is 0 Å². The molecule has 1 unspecified atom stereocenters. The van der Waals surface area contributed by atoms with Crippen LogP contribution in [0, 0.1) is 0 Å². The Morgan fingerprint density at radius 3 is 2.23 bits per heavy atom. The number of nitrogens with zero attached hydrogens (tertiary/aromatic N) is 3. The van der Waals surface area contributed by atoms with E-state index in [1.807, 2.05) is 9.80 Å². The topological polar surface area (TPSA) is 76.1 Å². The Hall–Kier alpha value is -1.18. The Bertz CT molecular complexity index is 467. The normalized spacial score (nSPS) is 25.2. The number of hydrogen-bond acceptors (Lipinski definition) is 5. The Labute approximate surface area is 156 Å². The first-order chi connectivity index (χ1) is 12.6. The predicted molar refractivity (Wildman–Crippen MR) is 100 cm³/mol. The predicted octanol–water partition coefficient (Wildman–Crippen LogP) is 0.602. The summed E-state index contributed by atoms with van der Waals surface area (Å²) in [5.41, 5.74) is 0. The molecular formula is C19H34N4O3. The molecule has 3 rings (SSSR count). The molecule has 7 heteroatoms. The van der Waals surface area contributed by atoms with Gasteiger partial charge >= 0.3 is 5.97 Å². The lowest BCUT2D eigenvalue weighted by Gasteiger charge is -2.41. The second-order valence-corrected chi connectivity index (χ2v) is 7.89.